The number of rotatable bonds is 8. The summed E-state index contributed by atoms with van der Waals surface area (Å²) in [5.74, 6) is 0.938. The van der Waals surface area contributed by atoms with E-state index in [-0.39, 0.29) is 0 Å². The standard InChI is InChI=1S/C17H36N2/c1-6-12-19(15(3)4)14-17(13-18-7-2)10-8-16(5)9-11-17/h15-16,18H,6-14H2,1-5H3. The zero-order chi connectivity index (χ0) is 14.3. The van der Waals surface area contributed by atoms with Crippen molar-refractivity contribution in [1.82, 2.24) is 10.2 Å². The summed E-state index contributed by atoms with van der Waals surface area (Å²) in [5, 5.41) is 3.63. The number of hydrogen-bond acceptors (Lipinski definition) is 2. The first kappa shape index (κ1) is 17.0. The van der Waals surface area contributed by atoms with Crippen LogP contribution in [0.4, 0.5) is 0 Å². The fourth-order valence-corrected chi connectivity index (χ4v) is 3.39. The van der Waals surface area contributed by atoms with Crippen LogP contribution < -0.4 is 5.32 Å². The predicted molar refractivity (Wildman–Crippen MR) is 85.6 cm³/mol. The number of nitrogens with one attached hydrogen (secondary N) is 1. The van der Waals surface area contributed by atoms with Crippen LogP contribution in [-0.4, -0.2) is 37.1 Å². The van der Waals surface area contributed by atoms with E-state index in [2.05, 4.69) is 44.8 Å². The Hall–Kier alpha value is -0.0800. The molecule has 0 unspecified atom stereocenters. The molecule has 0 spiro atoms. The molecule has 114 valence electrons. The summed E-state index contributed by atoms with van der Waals surface area (Å²) in [6.07, 6.45) is 6.93. The highest BCUT2D eigenvalue weighted by Gasteiger charge is 2.35. The molecule has 0 amide bonds. The second kappa shape index (κ2) is 8.26. The van der Waals surface area contributed by atoms with Crippen LogP contribution in [0.1, 0.15) is 66.7 Å². The quantitative estimate of drug-likeness (QED) is 0.718. The third-order valence-electron chi connectivity index (χ3n) is 4.86. The molecule has 1 rings (SSSR count). The zero-order valence-corrected chi connectivity index (χ0v) is 14.0. The van der Waals surface area contributed by atoms with Crippen LogP contribution in [0.25, 0.3) is 0 Å². The van der Waals surface area contributed by atoms with Crippen molar-refractivity contribution in [2.45, 2.75) is 72.8 Å². The summed E-state index contributed by atoms with van der Waals surface area (Å²) in [6.45, 7) is 16.5. The summed E-state index contributed by atoms with van der Waals surface area (Å²) < 4.78 is 0. The van der Waals surface area contributed by atoms with Gasteiger partial charge in [0.2, 0.25) is 0 Å². The van der Waals surface area contributed by atoms with Gasteiger partial charge in [0.15, 0.2) is 0 Å². The van der Waals surface area contributed by atoms with Gasteiger partial charge in [-0.1, -0.05) is 33.6 Å². The van der Waals surface area contributed by atoms with Gasteiger partial charge in [-0.05, 0) is 57.5 Å². The van der Waals surface area contributed by atoms with Gasteiger partial charge >= 0.3 is 0 Å². The molecule has 1 aliphatic rings. The van der Waals surface area contributed by atoms with E-state index in [1.807, 2.05) is 0 Å². The average Bonchev–Trinajstić information content (AvgIpc) is 2.39. The Morgan fingerprint density at radius 3 is 2.32 bits per heavy atom. The van der Waals surface area contributed by atoms with Crippen molar-refractivity contribution >= 4 is 0 Å². The Morgan fingerprint density at radius 1 is 1.21 bits per heavy atom. The van der Waals surface area contributed by atoms with Crippen LogP contribution in [0.15, 0.2) is 0 Å². The lowest BCUT2D eigenvalue weighted by atomic mass is 9.70. The molecular weight excluding hydrogens is 232 g/mol. The van der Waals surface area contributed by atoms with Gasteiger partial charge in [-0.2, -0.15) is 0 Å². The van der Waals surface area contributed by atoms with E-state index in [0.29, 0.717) is 11.5 Å². The first-order valence-electron chi connectivity index (χ1n) is 8.47. The third-order valence-corrected chi connectivity index (χ3v) is 4.86. The predicted octanol–water partition coefficient (Wildman–Crippen LogP) is 3.91. The largest absolute Gasteiger partial charge is 0.316 e. The minimum atomic E-state index is 0.530. The zero-order valence-electron chi connectivity index (χ0n) is 14.0. The maximum absolute atomic E-state index is 3.63. The molecule has 0 aromatic rings. The normalized spacial score (nSPS) is 28.3. The van der Waals surface area contributed by atoms with Crippen molar-refractivity contribution in [2.24, 2.45) is 11.3 Å². The summed E-state index contributed by atoms with van der Waals surface area (Å²) in [5.41, 5.74) is 0.530. The van der Waals surface area contributed by atoms with Gasteiger partial charge in [-0.15, -0.1) is 0 Å². The first-order valence-corrected chi connectivity index (χ1v) is 8.47. The van der Waals surface area contributed by atoms with Crippen molar-refractivity contribution < 1.29 is 0 Å². The van der Waals surface area contributed by atoms with Gasteiger partial charge in [-0.25, -0.2) is 0 Å². The van der Waals surface area contributed by atoms with E-state index in [1.54, 1.807) is 0 Å². The molecular formula is C17H36N2. The molecule has 1 N–H and O–H groups in total. The van der Waals surface area contributed by atoms with Crippen LogP contribution in [0.5, 0.6) is 0 Å². The molecule has 0 aromatic carbocycles. The van der Waals surface area contributed by atoms with Gasteiger partial charge in [-0.3, -0.25) is 0 Å². The Balaban J connectivity index is 2.66. The fourth-order valence-electron chi connectivity index (χ4n) is 3.39. The highest BCUT2D eigenvalue weighted by atomic mass is 15.2. The molecule has 1 aliphatic carbocycles. The maximum Gasteiger partial charge on any atom is 0.00528 e. The highest BCUT2D eigenvalue weighted by molar-refractivity contribution is 4.90. The molecule has 0 bridgehead atoms. The van der Waals surface area contributed by atoms with Crippen LogP contribution in [-0.2, 0) is 0 Å². The summed E-state index contributed by atoms with van der Waals surface area (Å²) in [4.78, 5) is 2.70. The lowest BCUT2D eigenvalue weighted by Crippen LogP contribution is -2.48. The van der Waals surface area contributed by atoms with E-state index in [9.17, 15) is 0 Å². The summed E-state index contributed by atoms with van der Waals surface area (Å²) in [7, 11) is 0. The first-order chi connectivity index (χ1) is 9.03. The molecule has 19 heavy (non-hydrogen) atoms. The molecule has 0 radical (unpaired) electrons. The van der Waals surface area contributed by atoms with E-state index in [4.69, 9.17) is 0 Å². The van der Waals surface area contributed by atoms with E-state index >= 15 is 0 Å². The third kappa shape index (κ3) is 5.43. The van der Waals surface area contributed by atoms with Crippen LogP contribution in [0, 0.1) is 11.3 Å². The molecule has 0 aliphatic heterocycles. The molecule has 1 saturated carbocycles. The maximum atomic E-state index is 3.63. The van der Waals surface area contributed by atoms with Crippen LogP contribution in [0.2, 0.25) is 0 Å². The van der Waals surface area contributed by atoms with Crippen LogP contribution >= 0.6 is 0 Å². The van der Waals surface area contributed by atoms with Crippen molar-refractivity contribution in [3.05, 3.63) is 0 Å². The molecule has 2 heteroatoms. The number of nitrogens with zero attached hydrogens (tertiary/aromatic N) is 1. The van der Waals surface area contributed by atoms with Gasteiger partial charge in [0.1, 0.15) is 0 Å². The lowest BCUT2D eigenvalue weighted by molar-refractivity contribution is 0.0709. The fraction of sp³-hybridized carbons (Fsp3) is 1.00. The monoisotopic (exact) mass is 268 g/mol. The second-order valence-corrected chi connectivity index (χ2v) is 7.03. The minimum Gasteiger partial charge on any atom is -0.316 e. The van der Waals surface area contributed by atoms with E-state index < -0.39 is 0 Å². The molecule has 0 heterocycles. The van der Waals surface area contributed by atoms with Crippen molar-refractivity contribution in [3.63, 3.8) is 0 Å². The lowest BCUT2D eigenvalue weighted by Gasteiger charge is -2.44. The topological polar surface area (TPSA) is 15.3 Å². The Morgan fingerprint density at radius 2 is 1.84 bits per heavy atom. The van der Waals surface area contributed by atoms with Gasteiger partial charge < -0.3 is 10.2 Å². The molecule has 0 aromatic heterocycles. The highest BCUT2D eigenvalue weighted by Crippen LogP contribution is 2.39. The van der Waals surface area contributed by atoms with Gasteiger partial charge in [0.25, 0.3) is 0 Å². The second-order valence-electron chi connectivity index (χ2n) is 7.03. The Labute approximate surface area is 121 Å². The molecule has 1 fully saturated rings. The Bertz CT molecular complexity index is 224. The SMILES string of the molecule is CCCN(CC1(CNCC)CCC(C)CC1)C(C)C. The number of hydrogen-bond donors (Lipinski definition) is 1. The smallest absolute Gasteiger partial charge is 0.00528 e. The molecule has 2 nitrogen and oxygen atoms in total. The Kier molecular flexibility index (Phi) is 7.38. The van der Waals surface area contributed by atoms with E-state index in [0.717, 1.165) is 12.5 Å². The van der Waals surface area contributed by atoms with E-state index in [1.165, 1.54) is 51.7 Å². The van der Waals surface area contributed by atoms with Crippen molar-refractivity contribution in [2.75, 3.05) is 26.2 Å². The van der Waals surface area contributed by atoms with Gasteiger partial charge in [0.05, 0.1) is 0 Å². The van der Waals surface area contributed by atoms with Gasteiger partial charge in [0, 0.05) is 19.1 Å². The summed E-state index contributed by atoms with van der Waals surface area (Å²) in [6, 6.07) is 0.679. The van der Waals surface area contributed by atoms with Crippen LogP contribution in [0.3, 0.4) is 0 Å². The molecule has 0 atom stereocenters. The molecule has 0 saturated heterocycles. The van der Waals surface area contributed by atoms with Crippen molar-refractivity contribution in [1.29, 1.82) is 0 Å². The minimum absolute atomic E-state index is 0.530. The van der Waals surface area contributed by atoms with Crippen molar-refractivity contribution in [3.8, 4) is 0 Å². The summed E-state index contributed by atoms with van der Waals surface area (Å²) >= 11 is 0. The average molecular weight is 268 g/mol.